The smallest absolute Gasteiger partial charge is 0.0616 e. The molecular formula is C17H35NO2. The van der Waals surface area contributed by atoms with Gasteiger partial charge in [0.05, 0.1) is 12.7 Å². The Balaban J connectivity index is 2.41. The van der Waals surface area contributed by atoms with E-state index >= 15 is 0 Å². The standard InChI is InChI=1S/C17H35NO2/c1-13(2)11-15(5)20-10-8-16-7-6-9-17(16,12-19)18-14(3)4/h13-16,18-19H,6-12H2,1-5H3. The van der Waals surface area contributed by atoms with Gasteiger partial charge in [0.25, 0.3) is 0 Å². The minimum absolute atomic E-state index is 0.0706. The Morgan fingerprint density at radius 1 is 1.25 bits per heavy atom. The summed E-state index contributed by atoms with van der Waals surface area (Å²) in [5, 5.41) is 13.5. The van der Waals surface area contributed by atoms with E-state index < -0.39 is 0 Å². The van der Waals surface area contributed by atoms with E-state index in [2.05, 4.69) is 39.9 Å². The quantitative estimate of drug-likeness (QED) is 0.682. The highest BCUT2D eigenvalue weighted by Crippen LogP contribution is 2.38. The molecule has 0 aliphatic heterocycles. The van der Waals surface area contributed by atoms with Gasteiger partial charge in [-0.1, -0.05) is 34.1 Å². The number of rotatable bonds is 9. The molecule has 1 rings (SSSR count). The first kappa shape index (κ1) is 17.9. The molecule has 0 aromatic carbocycles. The molecule has 0 aromatic rings. The molecule has 3 nitrogen and oxygen atoms in total. The third kappa shape index (κ3) is 5.34. The number of ether oxygens (including phenoxy) is 1. The minimum Gasteiger partial charge on any atom is -0.394 e. The number of hydrogen-bond donors (Lipinski definition) is 2. The molecule has 3 heteroatoms. The Labute approximate surface area is 125 Å². The summed E-state index contributed by atoms with van der Waals surface area (Å²) in [5.41, 5.74) is -0.0706. The van der Waals surface area contributed by atoms with Crippen LogP contribution in [-0.4, -0.2) is 36.0 Å². The van der Waals surface area contributed by atoms with Gasteiger partial charge in [-0.25, -0.2) is 0 Å². The van der Waals surface area contributed by atoms with E-state index in [9.17, 15) is 5.11 Å². The molecule has 1 aliphatic carbocycles. The molecule has 0 radical (unpaired) electrons. The van der Waals surface area contributed by atoms with Gasteiger partial charge in [-0.05, 0) is 44.4 Å². The van der Waals surface area contributed by atoms with E-state index in [0.717, 1.165) is 25.9 Å². The molecule has 0 saturated heterocycles. The fraction of sp³-hybridized carbons (Fsp3) is 1.00. The van der Waals surface area contributed by atoms with Crippen LogP contribution in [0, 0.1) is 11.8 Å². The van der Waals surface area contributed by atoms with Crippen LogP contribution in [0.5, 0.6) is 0 Å². The van der Waals surface area contributed by atoms with Crippen LogP contribution in [0.4, 0.5) is 0 Å². The number of aliphatic hydroxyl groups excluding tert-OH is 1. The third-order valence-electron chi connectivity index (χ3n) is 4.49. The summed E-state index contributed by atoms with van der Waals surface area (Å²) in [6, 6.07) is 0.420. The molecule has 3 atom stereocenters. The highest BCUT2D eigenvalue weighted by molar-refractivity contribution is 4.99. The van der Waals surface area contributed by atoms with Crippen molar-refractivity contribution in [2.45, 2.75) is 84.4 Å². The van der Waals surface area contributed by atoms with Crippen molar-refractivity contribution in [3.05, 3.63) is 0 Å². The predicted molar refractivity (Wildman–Crippen MR) is 84.9 cm³/mol. The zero-order valence-corrected chi connectivity index (χ0v) is 14.1. The first-order valence-electron chi connectivity index (χ1n) is 8.39. The molecule has 0 amide bonds. The van der Waals surface area contributed by atoms with Gasteiger partial charge in [-0.3, -0.25) is 0 Å². The van der Waals surface area contributed by atoms with Crippen molar-refractivity contribution < 1.29 is 9.84 Å². The van der Waals surface area contributed by atoms with Crippen LogP contribution in [0.25, 0.3) is 0 Å². The summed E-state index contributed by atoms with van der Waals surface area (Å²) in [4.78, 5) is 0. The van der Waals surface area contributed by atoms with Crippen molar-refractivity contribution in [3.8, 4) is 0 Å². The Kier molecular flexibility index (Phi) is 7.49. The second-order valence-corrected chi connectivity index (χ2v) is 7.30. The Hall–Kier alpha value is -0.120. The molecule has 20 heavy (non-hydrogen) atoms. The van der Waals surface area contributed by atoms with E-state index in [0.29, 0.717) is 24.0 Å². The predicted octanol–water partition coefficient (Wildman–Crippen LogP) is 3.36. The van der Waals surface area contributed by atoms with Crippen LogP contribution in [0.2, 0.25) is 0 Å². The van der Waals surface area contributed by atoms with Gasteiger partial charge in [-0.15, -0.1) is 0 Å². The van der Waals surface area contributed by atoms with Gasteiger partial charge in [0, 0.05) is 18.2 Å². The molecule has 0 bridgehead atoms. The van der Waals surface area contributed by atoms with Crippen molar-refractivity contribution in [1.29, 1.82) is 0 Å². The van der Waals surface area contributed by atoms with Gasteiger partial charge < -0.3 is 15.2 Å². The Morgan fingerprint density at radius 2 is 1.95 bits per heavy atom. The molecule has 3 unspecified atom stereocenters. The maximum Gasteiger partial charge on any atom is 0.0616 e. The summed E-state index contributed by atoms with van der Waals surface area (Å²) in [6.45, 7) is 12.0. The topological polar surface area (TPSA) is 41.5 Å². The lowest BCUT2D eigenvalue weighted by atomic mass is 9.85. The lowest BCUT2D eigenvalue weighted by Gasteiger charge is -2.37. The molecule has 1 fully saturated rings. The van der Waals surface area contributed by atoms with Gasteiger partial charge in [0.1, 0.15) is 0 Å². The second-order valence-electron chi connectivity index (χ2n) is 7.30. The highest BCUT2D eigenvalue weighted by Gasteiger charge is 2.42. The van der Waals surface area contributed by atoms with E-state index in [4.69, 9.17) is 4.74 Å². The average molecular weight is 285 g/mol. The first-order chi connectivity index (χ1) is 9.39. The fourth-order valence-electron chi connectivity index (χ4n) is 3.73. The number of hydrogen-bond acceptors (Lipinski definition) is 3. The molecule has 120 valence electrons. The monoisotopic (exact) mass is 285 g/mol. The lowest BCUT2D eigenvalue weighted by Crippen LogP contribution is -2.54. The minimum atomic E-state index is -0.0706. The Morgan fingerprint density at radius 3 is 2.50 bits per heavy atom. The summed E-state index contributed by atoms with van der Waals surface area (Å²) >= 11 is 0. The van der Waals surface area contributed by atoms with Crippen LogP contribution >= 0.6 is 0 Å². The van der Waals surface area contributed by atoms with Crippen molar-refractivity contribution in [3.63, 3.8) is 0 Å². The molecule has 0 aromatic heterocycles. The molecule has 1 saturated carbocycles. The highest BCUT2D eigenvalue weighted by atomic mass is 16.5. The van der Waals surface area contributed by atoms with Crippen LogP contribution in [0.3, 0.4) is 0 Å². The van der Waals surface area contributed by atoms with Crippen LogP contribution in [0.1, 0.15) is 66.7 Å². The molecule has 0 spiro atoms. The zero-order valence-electron chi connectivity index (χ0n) is 14.1. The zero-order chi connectivity index (χ0) is 15.2. The van der Waals surface area contributed by atoms with Crippen LogP contribution in [-0.2, 0) is 4.74 Å². The average Bonchev–Trinajstić information content (AvgIpc) is 2.71. The number of aliphatic hydroxyl groups is 1. The van der Waals surface area contributed by atoms with Crippen molar-refractivity contribution in [2.24, 2.45) is 11.8 Å². The third-order valence-corrected chi connectivity index (χ3v) is 4.49. The molecule has 0 heterocycles. The summed E-state index contributed by atoms with van der Waals surface area (Å²) < 4.78 is 5.95. The maximum atomic E-state index is 9.86. The summed E-state index contributed by atoms with van der Waals surface area (Å²) in [7, 11) is 0. The van der Waals surface area contributed by atoms with Gasteiger partial charge in [0.15, 0.2) is 0 Å². The maximum absolute atomic E-state index is 9.86. The van der Waals surface area contributed by atoms with Crippen LogP contribution in [0.15, 0.2) is 0 Å². The molecule has 2 N–H and O–H groups in total. The Bertz CT molecular complexity index is 268. The molecule has 1 aliphatic rings. The lowest BCUT2D eigenvalue weighted by molar-refractivity contribution is 0.0289. The molecular weight excluding hydrogens is 250 g/mol. The summed E-state index contributed by atoms with van der Waals surface area (Å²) in [5.74, 6) is 1.23. The van der Waals surface area contributed by atoms with Crippen LogP contribution < -0.4 is 5.32 Å². The number of nitrogens with one attached hydrogen (secondary N) is 1. The van der Waals surface area contributed by atoms with Crippen molar-refractivity contribution >= 4 is 0 Å². The van der Waals surface area contributed by atoms with Gasteiger partial charge in [-0.2, -0.15) is 0 Å². The van der Waals surface area contributed by atoms with E-state index in [-0.39, 0.29) is 12.1 Å². The van der Waals surface area contributed by atoms with Gasteiger partial charge >= 0.3 is 0 Å². The second kappa shape index (κ2) is 8.35. The largest absolute Gasteiger partial charge is 0.394 e. The van der Waals surface area contributed by atoms with E-state index in [1.807, 2.05) is 0 Å². The SMILES string of the molecule is CC(C)CC(C)OCCC1CCCC1(CO)NC(C)C. The summed E-state index contributed by atoms with van der Waals surface area (Å²) in [6.07, 6.45) is 6.05. The first-order valence-corrected chi connectivity index (χ1v) is 8.39. The van der Waals surface area contributed by atoms with E-state index in [1.165, 1.54) is 12.8 Å². The normalized spacial score (nSPS) is 28.5. The fourth-order valence-corrected chi connectivity index (χ4v) is 3.73. The van der Waals surface area contributed by atoms with E-state index in [1.54, 1.807) is 0 Å². The van der Waals surface area contributed by atoms with Crippen molar-refractivity contribution in [2.75, 3.05) is 13.2 Å². The van der Waals surface area contributed by atoms with Gasteiger partial charge in [0.2, 0.25) is 0 Å². The van der Waals surface area contributed by atoms with Crippen molar-refractivity contribution in [1.82, 2.24) is 5.32 Å².